The van der Waals surface area contributed by atoms with E-state index in [-0.39, 0.29) is 5.82 Å². The van der Waals surface area contributed by atoms with Crippen molar-refractivity contribution in [3.63, 3.8) is 0 Å². The summed E-state index contributed by atoms with van der Waals surface area (Å²) in [4.78, 5) is 1.16. The molecule has 0 aliphatic heterocycles. The normalized spacial score (nSPS) is 12.4. The van der Waals surface area contributed by atoms with Gasteiger partial charge in [-0.15, -0.1) is 11.8 Å². The Kier molecular flexibility index (Phi) is 6.09. The van der Waals surface area contributed by atoms with Crippen molar-refractivity contribution in [2.45, 2.75) is 30.5 Å². The third-order valence-electron chi connectivity index (χ3n) is 3.27. The summed E-state index contributed by atoms with van der Waals surface area (Å²) < 4.78 is 13.3. The molecule has 0 saturated carbocycles. The molecule has 1 atom stereocenters. The van der Waals surface area contributed by atoms with Crippen LogP contribution < -0.4 is 5.32 Å². The molecule has 0 aliphatic carbocycles. The average Bonchev–Trinajstić information content (AvgIpc) is 2.49. The standard InChI is InChI=1S/C17H19ClFNS/c1-3-20-12(2)13-5-4-6-16(10-13)21-11-14-9-15(19)7-8-17(14)18/h4-10,12,20H,3,11H2,1-2H3. The first-order chi connectivity index (χ1) is 10.1. The van der Waals surface area contributed by atoms with Gasteiger partial charge in [-0.25, -0.2) is 4.39 Å². The minimum absolute atomic E-state index is 0.246. The van der Waals surface area contributed by atoms with Crippen LogP contribution in [0.15, 0.2) is 47.4 Å². The quantitative estimate of drug-likeness (QED) is 0.710. The first-order valence-corrected chi connectivity index (χ1v) is 8.36. The van der Waals surface area contributed by atoms with Crippen LogP contribution in [0.3, 0.4) is 0 Å². The molecule has 2 aromatic rings. The van der Waals surface area contributed by atoms with Gasteiger partial charge in [-0.3, -0.25) is 0 Å². The van der Waals surface area contributed by atoms with Crippen molar-refractivity contribution in [1.29, 1.82) is 0 Å². The number of halogens is 2. The lowest BCUT2D eigenvalue weighted by Gasteiger charge is -2.14. The molecule has 0 amide bonds. The molecule has 0 bridgehead atoms. The maximum absolute atomic E-state index is 13.3. The number of nitrogens with one attached hydrogen (secondary N) is 1. The van der Waals surface area contributed by atoms with Gasteiger partial charge in [0.25, 0.3) is 0 Å². The number of thioether (sulfide) groups is 1. The second-order valence-corrected chi connectivity index (χ2v) is 6.33. The highest BCUT2D eigenvalue weighted by Gasteiger charge is 2.06. The lowest BCUT2D eigenvalue weighted by atomic mass is 10.1. The molecule has 2 aromatic carbocycles. The zero-order chi connectivity index (χ0) is 15.2. The summed E-state index contributed by atoms with van der Waals surface area (Å²) >= 11 is 7.76. The van der Waals surface area contributed by atoms with E-state index in [9.17, 15) is 4.39 Å². The Bertz CT molecular complexity index is 603. The minimum Gasteiger partial charge on any atom is -0.310 e. The summed E-state index contributed by atoms with van der Waals surface area (Å²) in [5, 5.41) is 4.01. The fraction of sp³-hybridized carbons (Fsp3) is 0.294. The molecule has 1 unspecified atom stereocenters. The Hall–Kier alpha value is -1.03. The lowest BCUT2D eigenvalue weighted by molar-refractivity contribution is 0.597. The van der Waals surface area contributed by atoms with Crippen LogP contribution in [0.4, 0.5) is 4.39 Å². The third-order valence-corrected chi connectivity index (χ3v) is 4.68. The molecule has 0 aliphatic rings. The van der Waals surface area contributed by atoms with Crippen LogP contribution in [-0.4, -0.2) is 6.54 Å². The van der Waals surface area contributed by atoms with Crippen LogP contribution in [0.25, 0.3) is 0 Å². The van der Waals surface area contributed by atoms with Gasteiger partial charge < -0.3 is 5.32 Å². The van der Waals surface area contributed by atoms with E-state index in [0.717, 1.165) is 17.0 Å². The van der Waals surface area contributed by atoms with E-state index in [1.54, 1.807) is 17.8 Å². The van der Waals surface area contributed by atoms with Gasteiger partial charge in [-0.2, -0.15) is 0 Å². The summed E-state index contributed by atoms with van der Waals surface area (Å²) in [6, 6.07) is 13.2. The summed E-state index contributed by atoms with van der Waals surface area (Å²) in [6.07, 6.45) is 0. The molecule has 0 fully saturated rings. The molecule has 2 rings (SSSR count). The molecule has 4 heteroatoms. The molecule has 0 aromatic heterocycles. The van der Waals surface area contributed by atoms with E-state index in [1.165, 1.54) is 17.7 Å². The predicted molar refractivity (Wildman–Crippen MR) is 89.5 cm³/mol. The van der Waals surface area contributed by atoms with Gasteiger partial charge in [0.1, 0.15) is 5.82 Å². The van der Waals surface area contributed by atoms with Crippen LogP contribution in [0.5, 0.6) is 0 Å². The zero-order valence-corrected chi connectivity index (χ0v) is 13.8. The Labute approximate surface area is 134 Å². The first-order valence-electron chi connectivity index (χ1n) is 7.00. The van der Waals surface area contributed by atoms with E-state index in [4.69, 9.17) is 11.6 Å². The Morgan fingerprint density at radius 3 is 2.81 bits per heavy atom. The van der Waals surface area contributed by atoms with E-state index >= 15 is 0 Å². The van der Waals surface area contributed by atoms with Gasteiger partial charge in [0.15, 0.2) is 0 Å². The third kappa shape index (κ3) is 4.73. The highest BCUT2D eigenvalue weighted by Crippen LogP contribution is 2.28. The van der Waals surface area contributed by atoms with Crippen molar-refractivity contribution in [1.82, 2.24) is 5.32 Å². The molecule has 0 spiro atoms. The molecular formula is C17H19ClFNS. The van der Waals surface area contributed by atoms with Gasteiger partial charge in [-0.05, 0) is 54.9 Å². The molecule has 0 heterocycles. The second-order valence-electron chi connectivity index (χ2n) is 4.88. The Balaban J connectivity index is 2.06. The van der Waals surface area contributed by atoms with E-state index in [1.807, 2.05) is 0 Å². The number of benzene rings is 2. The lowest BCUT2D eigenvalue weighted by Crippen LogP contribution is -2.17. The van der Waals surface area contributed by atoms with Crippen molar-refractivity contribution in [2.75, 3.05) is 6.54 Å². The van der Waals surface area contributed by atoms with Crippen molar-refractivity contribution in [2.24, 2.45) is 0 Å². The van der Waals surface area contributed by atoms with Crippen molar-refractivity contribution < 1.29 is 4.39 Å². The van der Waals surface area contributed by atoms with E-state index < -0.39 is 0 Å². The summed E-state index contributed by atoms with van der Waals surface area (Å²) in [5.74, 6) is 0.417. The Morgan fingerprint density at radius 2 is 2.05 bits per heavy atom. The predicted octanol–water partition coefficient (Wildman–Crippen LogP) is 5.44. The van der Waals surface area contributed by atoms with Crippen molar-refractivity contribution in [3.8, 4) is 0 Å². The van der Waals surface area contributed by atoms with Crippen LogP contribution in [0.1, 0.15) is 31.0 Å². The average molecular weight is 324 g/mol. The van der Waals surface area contributed by atoms with Gasteiger partial charge in [-0.1, -0.05) is 30.7 Å². The van der Waals surface area contributed by atoms with E-state index in [0.29, 0.717) is 16.8 Å². The van der Waals surface area contributed by atoms with Gasteiger partial charge in [0.05, 0.1) is 0 Å². The smallest absolute Gasteiger partial charge is 0.123 e. The maximum atomic E-state index is 13.3. The van der Waals surface area contributed by atoms with Gasteiger partial charge in [0.2, 0.25) is 0 Å². The largest absolute Gasteiger partial charge is 0.310 e. The highest BCUT2D eigenvalue weighted by atomic mass is 35.5. The fourth-order valence-corrected chi connectivity index (χ4v) is 3.33. The van der Waals surface area contributed by atoms with Crippen LogP contribution in [0.2, 0.25) is 5.02 Å². The van der Waals surface area contributed by atoms with Gasteiger partial charge in [0, 0.05) is 21.7 Å². The number of hydrogen-bond donors (Lipinski definition) is 1. The molecule has 112 valence electrons. The number of rotatable bonds is 6. The number of hydrogen-bond acceptors (Lipinski definition) is 2. The maximum Gasteiger partial charge on any atom is 0.123 e. The summed E-state index contributed by atoms with van der Waals surface area (Å²) in [5.41, 5.74) is 2.08. The molecule has 21 heavy (non-hydrogen) atoms. The highest BCUT2D eigenvalue weighted by molar-refractivity contribution is 7.98. The summed E-state index contributed by atoms with van der Waals surface area (Å²) in [7, 11) is 0. The van der Waals surface area contributed by atoms with Crippen molar-refractivity contribution in [3.05, 3.63) is 64.4 Å². The van der Waals surface area contributed by atoms with Crippen LogP contribution in [-0.2, 0) is 5.75 Å². The van der Waals surface area contributed by atoms with E-state index in [2.05, 4.69) is 43.4 Å². The second kappa shape index (κ2) is 7.83. The van der Waals surface area contributed by atoms with Crippen molar-refractivity contribution >= 4 is 23.4 Å². The molecule has 0 radical (unpaired) electrons. The van der Waals surface area contributed by atoms with Crippen LogP contribution >= 0.6 is 23.4 Å². The summed E-state index contributed by atoms with van der Waals surface area (Å²) in [6.45, 7) is 5.19. The van der Waals surface area contributed by atoms with Gasteiger partial charge >= 0.3 is 0 Å². The first kappa shape index (κ1) is 16.3. The SMILES string of the molecule is CCNC(C)c1cccc(SCc2cc(F)ccc2Cl)c1. The fourth-order valence-electron chi connectivity index (χ4n) is 2.11. The topological polar surface area (TPSA) is 12.0 Å². The molecule has 0 saturated heterocycles. The monoisotopic (exact) mass is 323 g/mol. The zero-order valence-electron chi connectivity index (χ0n) is 12.2. The molecular weight excluding hydrogens is 305 g/mol. The van der Waals surface area contributed by atoms with Crippen LogP contribution in [0, 0.1) is 5.82 Å². The molecule has 1 N–H and O–H groups in total. The molecule has 1 nitrogen and oxygen atoms in total. The Morgan fingerprint density at radius 1 is 1.24 bits per heavy atom. The minimum atomic E-state index is -0.246.